The van der Waals surface area contributed by atoms with Gasteiger partial charge in [0.2, 0.25) is 0 Å². The van der Waals surface area contributed by atoms with Gasteiger partial charge in [0.15, 0.2) is 0 Å². The van der Waals surface area contributed by atoms with E-state index in [1.54, 1.807) is 0 Å². The van der Waals surface area contributed by atoms with Crippen molar-refractivity contribution in [2.45, 2.75) is 24.2 Å². The number of hydrogen-bond acceptors (Lipinski definition) is 4. The summed E-state index contributed by atoms with van der Waals surface area (Å²) in [6.07, 6.45) is -12.8. The Morgan fingerprint density at radius 2 is 1.21 bits per heavy atom. The summed E-state index contributed by atoms with van der Waals surface area (Å²) in [6.45, 7) is 0. The lowest BCUT2D eigenvalue weighted by molar-refractivity contribution is -0.383. The molecule has 0 aromatic heterocycles. The first-order valence-electron chi connectivity index (χ1n) is 6.62. The molecule has 0 atom stereocenters. The van der Waals surface area contributed by atoms with Crippen LogP contribution in [0.4, 0.5) is 61.0 Å². The lowest BCUT2D eigenvalue weighted by atomic mass is 10.2. The second-order valence-corrected chi connectivity index (χ2v) is 5.04. The molecule has 0 aliphatic rings. The Balaban J connectivity index is 3.28. The number of nitrogens with one attached hydrogen (secondary N) is 2. The molecular weight excluding hydrogens is 440 g/mol. The molecule has 1 rings (SSSR count). The van der Waals surface area contributed by atoms with E-state index in [9.17, 15) is 63.6 Å². The van der Waals surface area contributed by atoms with Gasteiger partial charge in [-0.05, 0) is 12.1 Å². The number of alkyl halides is 10. The zero-order valence-electron chi connectivity index (χ0n) is 13.1. The molecule has 29 heavy (non-hydrogen) atoms. The van der Waals surface area contributed by atoms with Crippen LogP contribution >= 0.6 is 0 Å². The molecule has 17 heteroatoms. The second-order valence-electron chi connectivity index (χ2n) is 5.04. The lowest BCUT2D eigenvalue weighted by Gasteiger charge is -2.20. The molecule has 0 saturated carbocycles. The normalized spacial score (nSPS) is 13.0. The fraction of sp³-hybridized carbons (Fsp3) is 0.333. The topological polar surface area (TPSA) is 101 Å². The molecule has 0 saturated heterocycles. The Kier molecular flexibility index (Phi) is 6.06. The Morgan fingerprint density at radius 3 is 1.59 bits per heavy atom. The Bertz CT molecular complexity index is 834. The minimum atomic E-state index is -6.41. The van der Waals surface area contributed by atoms with Gasteiger partial charge in [-0.15, -0.1) is 0 Å². The van der Waals surface area contributed by atoms with E-state index in [1.807, 2.05) is 0 Å². The Hall–Kier alpha value is -3.14. The summed E-state index contributed by atoms with van der Waals surface area (Å²) in [7, 11) is 0. The van der Waals surface area contributed by atoms with E-state index in [4.69, 9.17) is 0 Å². The lowest BCUT2D eigenvalue weighted by Crippen LogP contribution is -2.47. The average Bonchev–Trinajstić information content (AvgIpc) is 2.52. The first-order chi connectivity index (χ1) is 12.8. The summed E-state index contributed by atoms with van der Waals surface area (Å²) >= 11 is 0. The summed E-state index contributed by atoms with van der Waals surface area (Å²) in [5.74, 6) is -18.1. The van der Waals surface area contributed by atoms with E-state index in [1.165, 1.54) is 0 Å². The van der Waals surface area contributed by atoms with Gasteiger partial charge in [0.05, 0.1) is 4.92 Å². The minimum absolute atomic E-state index is 0.0346. The van der Waals surface area contributed by atoms with Gasteiger partial charge in [-0.3, -0.25) is 19.7 Å². The van der Waals surface area contributed by atoms with Crippen molar-refractivity contribution in [3.63, 3.8) is 0 Å². The molecule has 162 valence electrons. The molecule has 0 aliphatic carbocycles. The van der Waals surface area contributed by atoms with Gasteiger partial charge in [0.25, 0.3) is 5.69 Å². The van der Waals surface area contributed by atoms with Crippen LogP contribution in [0.3, 0.4) is 0 Å². The maximum Gasteiger partial charge on any atom is 0.463 e. The summed E-state index contributed by atoms with van der Waals surface area (Å²) in [5.41, 5.74) is -3.90. The first-order valence-corrected chi connectivity index (χ1v) is 6.62. The van der Waals surface area contributed by atoms with E-state index in [2.05, 4.69) is 0 Å². The highest BCUT2D eigenvalue weighted by molar-refractivity contribution is 6.01. The second kappa shape index (κ2) is 7.36. The van der Waals surface area contributed by atoms with Crippen LogP contribution in [0.15, 0.2) is 18.2 Å². The zero-order valence-corrected chi connectivity index (χ0v) is 13.1. The third kappa shape index (κ3) is 4.83. The molecule has 1 aromatic carbocycles. The van der Waals surface area contributed by atoms with Crippen LogP contribution in [0.2, 0.25) is 0 Å². The molecule has 0 unspecified atom stereocenters. The van der Waals surface area contributed by atoms with E-state index < -0.39 is 58.0 Å². The summed E-state index contributed by atoms with van der Waals surface area (Å²) in [4.78, 5) is 31.5. The fourth-order valence-electron chi connectivity index (χ4n) is 1.54. The Labute approximate surface area is 151 Å². The summed E-state index contributed by atoms with van der Waals surface area (Å²) in [5, 5.41) is 12.5. The maximum atomic E-state index is 12.9. The molecule has 2 N–H and O–H groups in total. The van der Waals surface area contributed by atoms with E-state index >= 15 is 0 Å². The predicted molar refractivity (Wildman–Crippen MR) is 72.4 cm³/mol. The highest BCUT2D eigenvalue weighted by Crippen LogP contribution is 2.39. The van der Waals surface area contributed by atoms with Crippen LogP contribution < -0.4 is 10.6 Å². The van der Waals surface area contributed by atoms with E-state index in [-0.39, 0.29) is 12.1 Å². The SMILES string of the molecule is O=C(Nc1ccc([N+](=O)[O-])c(NC(=O)C(F)(F)C(F)(F)F)c1)C(F)(F)C(F)(F)F. The number of hydrogen-bond donors (Lipinski definition) is 2. The number of nitrogens with zero attached hydrogens (tertiary/aromatic N) is 1. The van der Waals surface area contributed by atoms with Gasteiger partial charge in [-0.2, -0.15) is 43.9 Å². The maximum absolute atomic E-state index is 12.9. The van der Waals surface area contributed by atoms with Gasteiger partial charge in [-0.25, -0.2) is 0 Å². The van der Waals surface area contributed by atoms with Crippen LogP contribution in [0, 0.1) is 10.1 Å². The summed E-state index contributed by atoms with van der Waals surface area (Å²) < 4.78 is 124. The number of carbonyl (C=O) groups excluding carboxylic acids is 2. The monoisotopic (exact) mass is 445 g/mol. The van der Waals surface area contributed by atoms with Crippen molar-refractivity contribution in [3.8, 4) is 0 Å². The highest BCUT2D eigenvalue weighted by Gasteiger charge is 2.64. The molecule has 7 nitrogen and oxygen atoms in total. The third-order valence-electron chi connectivity index (χ3n) is 2.98. The number of rotatable bonds is 5. The molecule has 0 bridgehead atoms. The van der Waals surface area contributed by atoms with Gasteiger partial charge < -0.3 is 10.6 Å². The van der Waals surface area contributed by atoms with Crippen molar-refractivity contribution in [1.29, 1.82) is 0 Å². The number of halogens is 10. The molecule has 0 heterocycles. The van der Waals surface area contributed by atoms with E-state index in [0.29, 0.717) is 6.07 Å². The van der Waals surface area contributed by atoms with Crippen molar-refractivity contribution >= 4 is 28.9 Å². The standard InChI is InChI=1S/C12H5F10N3O4/c13-9(14,11(17,18)19)7(26)23-4-1-2-6(25(28)29)5(3-4)24-8(27)10(15,16)12(20,21)22/h1-3H,(H,23,26)(H,24,27). The molecular formula is C12H5F10N3O4. The number of nitro groups is 1. The minimum Gasteiger partial charge on any atom is -0.320 e. The van der Waals surface area contributed by atoms with Gasteiger partial charge in [0.1, 0.15) is 5.69 Å². The van der Waals surface area contributed by atoms with Crippen molar-refractivity contribution in [2.75, 3.05) is 10.6 Å². The molecule has 0 aliphatic heterocycles. The van der Waals surface area contributed by atoms with E-state index in [0.717, 1.165) is 10.6 Å². The van der Waals surface area contributed by atoms with Gasteiger partial charge in [0, 0.05) is 11.8 Å². The van der Waals surface area contributed by atoms with Crippen molar-refractivity contribution < 1.29 is 58.4 Å². The predicted octanol–water partition coefficient (Wildman–Crippen LogP) is 3.87. The van der Waals surface area contributed by atoms with Crippen LogP contribution in [-0.2, 0) is 9.59 Å². The Morgan fingerprint density at radius 1 is 0.793 bits per heavy atom. The average molecular weight is 445 g/mol. The van der Waals surface area contributed by atoms with Crippen molar-refractivity contribution in [3.05, 3.63) is 28.3 Å². The van der Waals surface area contributed by atoms with Crippen LogP contribution in [0.5, 0.6) is 0 Å². The molecule has 0 spiro atoms. The molecule has 0 fully saturated rings. The number of nitro benzene ring substituents is 1. The number of carbonyl (C=O) groups is 2. The highest BCUT2D eigenvalue weighted by atomic mass is 19.4. The molecule has 1 aromatic rings. The number of benzene rings is 1. The number of anilines is 2. The van der Waals surface area contributed by atoms with Crippen LogP contribution in [0.25, 0.3) is 0 Å². The van der Waals surface area contributed by atoms with Crippen molar-refractivity contribution in [1.82, 2.24) is 0 Å². The zero-order chi connectivity index (χ0) is 23.0. The van der Waals surface area contributed by atoms with Crippen LogP contribution in [-0.4, -0.2) is 40.9 Å². The van der Waals surface area contributed by atoms with Gasteiger partial charge in [-0.1, -0.05) is 0 Å². The van der Waals surface area contributed by atoms with Crippen molar-refractivity contribution in [2.24, 2.45) is 0 Å². The molecule has 2 amide bonds. The quantitative estimate of drug-likeness (QED) is 0.408. The largest absolute Gasteiger partial charge is 0.463 e. The van der Waals surface area contributed by atoms with Gasteiger partial charge >= 0.3 is 36.0 Å². The number of amides is 2. The first kappa shape index (κ1) is 23.9. The fourth-order valence-corrected chi connectivity index (χ4v) is 1.54. The molecule has 0 radical (unpaired) electrons. The third-order valence-corrected chi connectivity index (χ3v) is 2.98. The van der Waals surface area contributed by atoms with Crippen LogP contribution in [0.1, 0.15) is 0 Å². The summed E-state index contributed by atoms with van der Waals surface area (Å²) in [6, 6.07) is 0.635. The smallest absolute Gasteiger partial charge is 0.320 e.